The molecule has 2 aromatic heterocycles. The van der Waals surface area contributed by atoms with Gasteiger partial charge < -0.3 is 20.5 Å². The average Bonchev–Trinajstić information content (AvgIpc) is 2.92. The molecule has 3 rings (SSSR count). The first-order chi connectivity index (χ1) is 9.10. The number of nitrogens with two attached hydrogens (primary N) is 1. The van der Waals surface area contributed by atoms with Crippen LogP contribution < -0.4 is 5.73 Å². The van der Waals surface area contributed by atoms with Crippen molar-refractivity contribution in [2.24, 2.45) is 5.92 Å². The number of imidazole rings is 1. The van der Waals surface area contributed by atoms with E-state index in [1.807, 2.05) is 11.5 Å². The summed E-state index contributed by atoms with van der Waals surface area (Å²) < 4.78 is 1.93. The summed E-state index contributed by atoms with van der Waals surface area (Å²) in [5.41, 5.74) is 7.86. The number of anilines is 1. The van der Waals surface area contributed by atoms with E-state index >= 15 is 0 Å². The lowest BCUT2D eigenvalue weighted by atomic mass is 10.1. The largest absolute Gasteiger partial charge is 0.396 e. The van der Waals surface area contributed by atoms with E-state index in [2.05, 4.69) is 15.0 Å². The van der Waals surface area contributed by atoms with Gasteiger partial charge in [0.05, 0.1) is 18.1 Å². The summed E-state index contributed by atoms with van der Waals surface area (Å²) in [6, 6.07) is 0.0887. The van der Waals surface area contributed by atoms with Gasteiger partial charge in [0.1, 0.15) is 5.52 Å². The Morgan fingerprint density at radius 1 is 1.42 bits per heavy atom. The molecule has 4 N–H and O–H groups in total. The van der Waals surface area contributed by atoms with Crippen LogP contribution in [0, 0.1) is 12.8 Å². The van der Waals surface area contributed by atoms with Gasteiger partial charge in [0.2, 0.25) is 5.95 Å². The van der Waals surface area contributed by atoms with E-state index in [9.17, 15) is 10.2 Å². The third-order valence-electron chi connectivity index (χ3n) is 3.87. The average molecular weight is 263 g/mol. The number of fused-ring (bicyclic) bond motifs is 1. The summed E-state index contributed by atoms with van der Waals surface area (Å²) in [6.45, 7) is 1.85. The zero-order valence-electron chi connectivity index (χ0n) is 10.7. The first kappa shape index (κ1) is 12.3. The molecule has 3 unspecified atom stereocenters. The summed E-state index contributed by atoms with van der Waals surface area (Å²) in [7, 11) is 0. The predicted molar refractivity (Wildman–Crippen MR) is 69.3 cm³/mol. The molecule has 2 aromatic rings. The number of aryl methyl sites for hydroxylation is 1. The minimum absolute atomic E-state index is 0.000444. The highest BCUT2D eigenvalue weighted by atomic mass is 16.3. The van der Waals surface area contributed by atoms with Crippen molar-refractivity contribution in [1.29, 1.82) is 0 Å². The van der Waals surface area contributed by atoms with Crippen LogP contribution in [-0.4, -0.2) is 42.4 Å². The number of nitrogens with zero attached hydrogens (tertiary/aromatic N) is 4. The maximum atomic E-state index is 9.89. The molecule has 102 valence electrons. The molecule has 0 amide bonds. The second-order valence-electron chi connectivity index (χ2n) is 5.13. The van der Waals surface area contributed by atoms with Gasteiger partial charge in [-0.15, -0.1) is 0 Å². The maximum absolute atomic E-state index is 9.89. The molecular weight excluding hydrogens is 246 g/mol. The number of hydrogen-bond acceptors (Lipinski definition) is 6. The van der Waals surface area contributed by atoms with Crippen LogP contribution in [0.1, 0.15) is 24.6 Å². The fourth-order valence-corrected chi connectivity index (χ4v) is 2.84. The standard InChI is InChI=1S/C12H17N5O2/c1-6-10-11(16-12(13)15-6)17(5-14-10)8-2-7(4-18)9(19)3-8/h5,7-9,18-19H,2-4H2,1H3,(H2,13,15,16). The van der Waals surface area contributed by atoms with E-state index in [0.717, 1.165) is 11.2 Å². The van der Waals surface area contributed by atoms with Gasteiger partial charge in [-0.3, -0.25) is 0 Å². The van der Waals surface area contributed by atoms with Crippen LogP contribution in [0.2, 0.25) is 0 Å². The van der Waals surface area contributed by atoms with Gasteiger partial charge in [-0.05, 0) is 19.8 Å². The molecule has 2 heterocycles. The van der Waals surface area contributed by atoms with Crippen LogP contribution in [0.25, 0.3) is 11.2 Å². The summed E-state index contributed by atoms with van der Waals surface area (Å²) >= 11 is 0. The number of aliphatic hydroxyl groups is 2. The predicted octanol–water partition coefficient (Wildman–Crippen LogP) is 0.0212. The molecule has 3 atom stereocenters. The van der Waals surface area contributed by atoms with E-state index in [-0.39, 0.29) is 24.5 Å². The number of nitrogen functional groups attached to an aromatic ring is 1. The van der Waals surface area contributed by atoms with Crippen molar-refractivity contribution in [3.8, 4) is 0 Å². The van der Waals surface area contributed by atoms with Crippen molar-refractivity contribution in [2.45, 2.75) is 31.9 Å². The lowest BCUT2D eigenvalue weighted by Crippen LogP contribution is -2.16. The molecule has 1 fully saturated rings. The molecule has 0 spiro atoms. The Labute approximate surface area is 110 Å². The van der Waals surface area contributed by atoms with Gasteiger partial charge in [0, 0.05) is 18.6 Å². The van der Waals surface area contributed by atoms with Gasteiger partial charge in [0.25, 0.3) is 0 Å². The Bertz CT molecular complexity index is 611. The van der Waals surface area contributed by atoms with Crippen molar-refractivity contribution in [3.63, 3.8) is 0 Å². The van der Waals surface area contributed by atoms with E-state index in [0.29, 0.717) is 18.5 Å². The van der Waals surface area contributed by atoms with Crippen LogP contribution in [0.15, 0.2) is 6.33 Å². The van der Waals surface area contributed by atoms with E-state index in [4.69, 9.17) is 5.73 Å². The number of hydrogen-bond donors (Lipinski definition) is 3. The van der Waals surface area contributed by atoms with E-state index in [1.165, 1.54) is 0 Å². The normalized spacial score (nSPS) is 27.2. The van der Waals surface area contributed by atoms with Gasteiger partial charge >= 0.3 is 0 Å². The molecule has 0 aromatic carbocycles. The van der Waals surface area contributed by atoms with Crippen molar-refractivity contribution in [2.75, 3.05) is 12.3 Å². The van der Waals surface area contributed by atoms with Crippen LogP contribution in [0.3, 0.4) is 0 Å². The summed E-state index contributed by atoms with van der Waals surface area (Å²) in [5, 5.41) is 19.1. The SMILES string of the molecule is Cc1nc(N)nc2c1ncn2C1CC(O)C(CO)C1. The van der Waals surface area contributed by atoms with Crippen LogP contribution in [0.4, 0.5) is 5.95 Å². The molecule has 0 aliphatic heterocycles. The van der Waals surface area contributed by atoms with E-state index < -0.39 is 6.10 Å². The zero-order valence-corrected chi connectivity index (χ0v) is 10.7. The Balaban J connectivity index is 2.02. The molecule has 0 radical (unpaired) electrons. The Kier molecular flexibility index (Phi) is 2.87. The Morgan fingerprint density at radius 2 is 2.21 bits per heavy atom. The second kappa shape index (κ2) is 4.43. The zero-order chi connectivity index (χ0) is 13.6. The second-order valence-corrected chi connectivity index (χ2v) is 5.13. The van der Waals surface area contributed by atoms with Crippen molar-refractivity contribution in [1.82, 2.24) is 19.5 Å². The molecule has 1 saturated carbocycles. The first-order valence-corrected chi connectivity index (χ1v) is 6.35. The van der Waals surface area contributed by atoms with Crippen molar-refractivity contribution >= 4 is 17.1 Å². The van der Waals surface area contributed by atoms with Crippen LogP contribution in [-0.2, 0) is 0 Å². The molecule has 0 bridgehead atoms. The molecule has 7 heteroatoms. The first-order valence-electron chi connectivity index (χ1n) is 6.35. The lowest BCUT2D eigenvalue weighted by Gasteiger charge is -2.12. The molecule has 19 heavy (non-hydrogen) atoms. The van der Waals surface area contributed by atoms with Crippen LogP contribution >= 0.6 is 0 Å². The topological polar surface area (TPSA) is 110 Å². The number of aromatic nitrogens is 4. The molecule has 0 saturated heterocycles. The van der Waals surface area contributed by atoms with Gasteiger partial charge in [0.15, 0.2) is 5.65 Å². The van der Waals surface area contributed by atoms with Crippen molar-refractivity contribution in [3.05, 3.63) is 12.0 Å². The summed E-state index contributed by atoms with van der Waals surface area (Å²) in [5.74, 6) is 0.145. The summed E-state index contributed by atoms with van der Waals surface area (Å²) in [4.78, 5) is 12.6. The Morgan fingerprint density at radius 3 is 2.89 bits per heavy atom. The lowest BCUT2D eigenvalue weighted by molar-refractivity contribution is 0.0906. The third-order valence-corrected chi connectivity index (χ3v) is 3.87. The van der Waals surface area contributed by atoms with Crippen LogP contribution in [0.5, 0.6) is 0 Å². The Hall–Kier alpha value is -1.73. The highest BCUT2D eigenvalue weighted by Gasteiger charge is 2.34. The quantitative estimate of drug-likeness (QED) is 0.704. The summed E-state index contributed by atoms with van der Waals surface area (Å²) in [6.07, 6.45) is 2.54. The molecule has 1 aliphatic carbocycles. The monoisotopic (exact) mass is 263 g/mol. The molecule has 7 nitrogen and oxygen atoms in total. The fraction of sp³-hybridized carbons (Fsp3) is 0.583. The fourth-order valence-electron chi connectivity index (χ4n) is 2.84. The smallest absolute Gasteiger partial charge is 0.222 e. The highest BCUT2D eigenvalue weighted by Crippen LogP contribution is 2.36. The number of aliphatic hydroxyl groups excluding tert-OH is 2. The van der Waals surface area contributed by atoms with Gasteiger partial charge in [-0.25, -0.2) is 9.97 Å². The van der Waals surface area contributed by atoms with E-state index in [1.54, 1.807) is 6.33 Å². The molecular formula is C12H17N5O2. The third kappa shape index (κ3) is 1.95. The maximum Gasteiger partial charge on any atom is 0.222 e. The highest BCUT2D eigenvalue weighted by molar-refractivity contribution is 5.74. The van der Waals surface area contributed by atoms with Gasteiger partial charge in [-0.2, -0.15) is 4.98 Å². The van der Waals surface area contributed by atoms with Crippen molar-refractivity contribution < 1.29 is 10.2 Å². The minimum Gasteiger partial charge on any atom is -0.396 e. The minimum atomic E-state index is -0.479. The van der Waals surface area contributed by atoms with Gasteiger partial charge in [-0.1, -0.05) is 0 Å². The number of rotatable bonds is 2. The molecule has 1 aliphatic rings.